The Morgan fingerprint density at radius 2 is 1.77 bits per heavy atom. The molecule has 1 aromatic heterocycles. The number of aromatic nitrogens is 1. The van der Waals surface area contributed by atoms with Crippen LogP contribution in [0.4, 0.5) is 5.69 Å². The fourth-order valence-electron chi connectivity index (χ4n) is 3.39. The number of oxazole rings is 1. The molecule has 0 radical (unpaired) electrons. The Kier molecular flexibility index (Phi) is 4.66. The van der Waals surface area contributed by atoms with Crippen LogP contribution in [0.3, 0.4) is 0 Å². The maximum atomic E-state index is 12.6. The van der Waals surface area contributed by atoms with Crippen molar-refractivity contribution in [2.45, 2.75) is 0 Å². The van der Waals surface area contributed by atoms with Gasteiger partial charge in [0.15, 0.2) is 5.58 Å². The first-order valence-electron chi connectivity index (χ1n) is 9.23. The zero-order chi connectivity index (χ0) is 20.7. The second kappa shape index (κ2) is 7.48. The Labute approximate surface area is 182 Å². The van der Waals surface area contributed by atoms with E-state index in [9.17, 15) is 4.79 Å². The highest BCUT2D eigenvalue weighted by Crippen LogP contribution is 2.31. The van der Waals surface area contributed by atoms with E-state index in [1.165, 1.54) is 6.07 Å². The van der Waals surface area contributed by atoms with E-state index in [4.69, 9.17) is 32.6 Å². The lowest BCUT2D eigenvalue weighted by molar-refractivity contribution is 0.102. The zero-order valence-corrected chi connectivity index (χ0v) is 17.0. The molecule has 0 spiro atoms. The van der Waals surface area contributed by atoms with Gasteiger partial charge in [0.25, 0.3) is 5.91 Å². The molecule has 0 aliphatic heterocycles. The number of hydrogen-bond acceptors (Lipinski definition) is 3. The zero-order valence-electron chi connectivity index (χ0n) is 15.5. The summed E-state index contributed by atoms with van der Waals surface area (Å²) in [5.74, 6) is 0.166. The lowest BCUT2D eigenvalue weighted by atomic mass is 10.1. The largest absolute Gasteiger partial charge is 0.436 e. The lowest BCUT2D eigenvalue weighted by Crippen LogP contribution is -2.12. The van der Waals surface area contributed by atoms with Crippen molar-refractivity contribution in [3.05, 3.63) is 94.5 Å². The minimum atomic E-state index is -0.322. The van der Waals surface area contributed by atoms with Gasteiger partial charge in [-0.3, -0.25) is 4.79 Å². The molecule has 0 saturated carbocycles. The van der Waals surface area contributed by atoms with Crippen LogP contribution in [0.15, 0.2) is 83.3 Å². The van der Waals surface area contributed by atoms with Gasteiger partial charge in [-0.2, -0.15) is 0 Å². The van der Waals surface area contributed by atoms with Crippen molar-refractivity contribution in [1.29, 1.82) is 0 Å². The maximum Gasteiger partial charge on any atom is 0.257 e. The van der Waals surface area contributed by atoms with Crippen LogP contribution < -0.4 is 5.32 Å². The van der Waals surface area contributed by atoms with E-state index in [0.29, 0.717) is 32.8 Å². The molecule has 0 unspecified atom stereocenters. The molecule has 1 N–H and O–H groups in total. The smallest absolute Gasteiger partial charge is 0.257 e. The fourth-order valence-corrected chi connectivity index (χ4v) is 3.88. The molecule has 0 saturated heterocycles. The van der Waals surface area contributed by atoms with Gasteiger partial charge in [-0.1, -0.05) is 59.6 Å². The molecule has 30 heavy (non-hydrogen) atoms. The van der Waals surface area contributed by atoms with Crippen LogP contribution in [-0.2, 0) is 0 Å². The summed E-state index contributed by atoms with van der Waals surface area (Å²) >= 11 is 12.0. The molecular weight excluding hydrogens is 419 g/mol. The van der Waals surface area contributed by atoms with Crippen LogP contribution in [0.1, 0.15) is 10.4 Å². The minimum absolute atomic E-state index is 0.294. The van der Waals surface area contributed by atoms with E-state index < -0.39 is 0 Å². The molecule has 5 rings (SSSR count). The third kappa shape index (κ3) is 3.41. The molecule has 6 heteroatoms. The predicted molar refractivity (Wildman–Crippen MR) is 121 cm³/mol. The van der Waals surface area contributed by atoms with Gasteiger partial charge in [0.1, 0.15) is 5.52 Å². The van der Waals surface area contributed by atoms with Crippen molar-refractivity contribution >= 4 is 56.7 Å². The van der Waals surface area contributed by atoms with Gasteiger partial charge in [-0.05, 0) is 47.9 Å². The number of carbonyl (C=O) groups excluding carboxylic acids is 1. The first-order valence-corrected chi connectivity index (χ1v) is 9.99. The van der Waals surface area contributed by atoms with E-state index in [-0.39, 0.29) is 5.91 Å². The van der Waals surface area contributed by atoms with Gasteiger partial charge in [-0.25, -0.2) is 4.98 Å². The number of rotatable bonds is 3. The second-order valence-electron chi connectivity index (χ2n) is 6.81. The van der Waals surface area contributed by atoms with E-state index in [1.54, 1.807) is 18.2 Å². The van der Waals surface area contributed by atoms with Crippen LogP contribution in [0.25, 0.3) is 33.3 Å². The van der Waals surface area contributed by atoms with Crippen LogP contribution in [0.2, 0.25) is 10.0 Å². The Morgan fingerprint density at radius 1 is 0.900 bits per heavy atom. The molecule has 0 aliphatic carbocycles. The Morgan fingerprint density at radius 3 is 2.63 bits per heavy atom. The number of benzene rings is 4. The van der Waals surface area contributed by atoms with Gasteiger partial charge in [0.05, 0.1) is 10.6 Å². The first-order chi connectivity index (χ1) is 14.6. The van der Waals surface area contributed by atoms with Crippen molar-refractivity contribution in [3.8, 4) is 11.5 Å². The van der Waals surface area contributed by atoms with Gasteiger partial charge in [0, 0.05) is 21.7 Å². The highest BCUT2D eigenvalue weighted by molar-refractivity contribution is 6.37. The molecule has 1 heterocycles. The third-order valence-electron chi connectivity index (χ3n) is 4.83. The van der Waals surface area contributed by atoms with Crippen molar-refractivity contribution in [2.24, 2.45) is 0 Å². The minimum Gasteiger partial charge on any atom is -0.436 e. The highest BCUT2D eigenvalue weighted by Gasteiger charge is 2.14. The summed E-state index contributed by atoms with van der Waals surface area (Å²) in [6, 6.07) is 24.1. The summed E-state index contributed by atoms with van der Waals surface area (Å²) in [6.07, 6.45) is 0. The number of amides is 1. The molecular formula is C24H14Cl2N2O2. The Hall–Kier alpha value is -3.34. The molecule has 5 aromatic rings. The van der Waals surface area contributed by atoms with Crippen LogP contribution in [0.5, 0.6) is 0 Å². The standard InChI is InChI=1S/C24H14Cl2N2O2/c25-16-9-10-19(20(26)13-16)23(29)27-17-6-3-5-15(12-17)24-28-22-18-7-2-1-4-14(18)8-11-21(22)30-24/h1-13H,(H,27,29). The molecule has 146 valence electrons. The molecule has 0 atom stereocenters. The first kappa shape index (κ1) is 18.7. The van der Waals surface area contributed by atoms with Gasteiger partial charge in [0.2, 0.25) is 5.89 Å². The summed E-state index contributed by atoms with van der Waals surface area (Å²) < 4.78 is 5.98. The lowest BCUT2D eigenvalue weighted by Gasteiger charge is -2.08. The number of halogens is 2. The van der Waals surface area contributed by atoms with E-state index >= 15 is 0 Å². The Balaban J connectivity index is 1.49. The van der Waals surface area contributed by atoms with Crippen molar-refractivity contribution in [2.75, 3.05) is 5.32 Å². The number of anilines is 1. The maximum absolute atomic E-state index is 12.6. The van der Waals surface area contributed by atoms with Crippen LogP contribution in [-0.4, -0.2) is 10.9 Å². The van der Waals surface area contributed by atoms with Crippen LogP contribution >= 0.6 is 23.2 Å². The molecule has 1 amide bonds. The molecule has 4 aromatic carbocycles. The quantitative estimate of drug-likeness (QED) is 0.327. The van der Waals surface area contributed by atoms with E-state index in [1.807, 2.05) is 54.6 Å². The normalized spacial score (nSPS) is 11.1. The highest BCUT2D eigenvalue weighted by atomic mass is 35.5. The van der Waals surface area contributed by atoms with Crippen molar-refractivity contribution < 1.29 is 9.21 Å². The topological polar surface area (TPSA) is 55.1 Å². The second-order valence-corrected chi connectivity index (χ2v) is 7.66. The predicted octanol–water partition coefficient (Wildman–Crippen LogP) is 7.21. The Bertz CT molecular complexity index is 1430. The van der Waals surface area contributed by atoms with Crippen molar-refractivity contribution in [1.82, 2.24) is 4.98 Å². The summed E-state index contributed by atoms with van der Waals surface area (Å²) in [6.45, 7) is 0. The summed E-state index contributed by atoms with van der Waals surface area (Å²) in [7, 11) is 0. The fraction of sp³-hybridized carbons (Fsp3) is 0. The third-order valence-corrected chi connectivity index (χ3v) is 5.37. The van der Waals surface area contributed by atoms with Gasteiger partial charge < -0.3 is 9.73 Å². The number of fused-ring (bicyclic) bond motifs is 3. The number of nitrogens with zero attached hydrogens (tertiary/aromatic N) is 1. The van der Waals surface area contributed by atoms with Crippen LogP contribution in [0, 0.1) is 0 Å². The van der Waals surface area contributed by atoms with Crippen molar-refractivity contribution in [3.63, 3.8) is 0 Å². The molecule has 4 nitrogen and oxygen atoms in total. The summed E-state index contributed by atoms with van der Waals surface area (Å²) in [5.41, 5.74) is 3.24. The number of carbonyl (C=O) groups is 1. The molecule has 0 bridgehead atoms. The molecule has 0 fully saturated rings. The average molecular weight is 433 g/mol. The average Bonchev–Trinajstić information content (AvgIpc) is 3.19. The number of hydrogen-bond donors (Lipinski definition) is 1. The number of nitrogens with one attached hydrogen (secondary N) is 1. The SMILES string of the molecule is O=C(Nc1cccc(-c2nc3c(ccc4ccccc43)o2)c1)c1ccc(Cl)cc1Cl. The monoisotopic (exact) mass is 432 g/mol. The molecule has 0 aliphatic rings. The van der Waals surface area contributed by atoms with Gasteiger partial charge in [-0.15, -0.1) is 0 Å². The summed E-state index contributed by atoms with van der Waals surface area (Å²) in [4.78, 5) is 17.3. The van der Waals surface area contributed by atoms with E-state index in [2.05, 4.69) is 5.32 Å². The summed E-state index contributed by atoms with van der Waals surface area (Å²) in [5, 5.41) is 5.76. The van der Waals surface area contributed by atoms with E-state index in [0.717, 1.165) is 21.9 Å². The van der Waals surface area contributed by atoms with Gasteiger partial charge >= 0.3 is 0 Å².